The molecule has 92 valence electrons. The summed E-state index contributed by atoms with van der Waals surface area (Å²) in [5, 5.41) is 5.44. The fourth-order valence-corrected chi connectivity index (χ4v) is 1.81. The summed E-state index contributed by atoms with van der Waals surface area (Å²) in [6, 6.07) is -0.282. The van der Waals surface area contributed by atoms with Gasteiger partial charge in [-0.15, -0.1) is 0 Å². The van der Waals surface area contributed by atoms with Gasteiger partial charge in [0.05, 0.1) is 12.6 Å². The third-order valence-electron chi connectivity index (χ3n) is 2.89. The highest BCUT2D eigenvalue weighted by molar-refractivity contribution is 5.83. The topological polar surface area (TPSA) is 61.4 Å². The summed E-state index contributed by atoms with van der Waals surface area (Å²) in [4.78, 5) is 24.8. The molecular weight excluding hydrogens is 206 g/mol. The molecular formula is C11H21N3O2. The van der Waals surface area contributed by atoms with Crippen molar-refractivity contribution in [1.29, 1.82) is 0 Å². The van der Waals surface area contributed by atoms with Crippen LogP contribution in [0, 0.1) is 0 Å². The van der Waals surface area contributed by atoms with Crippen LogP contribution in [0.4, 0.5) is 0 Å². The monoisotopic (exact) mass is 227 g/mol. The summed E-state index contributed by atoms with van der Waals surface area (Å²) in [5.74, 6) is 0.00176. The molecule has 1 heterocycles. The molecule has 1 atom stereocenters. The van der Waals surface area contributed by atoms with E-state index in [0.29, 0.717) is 0 Å². The van der Waals surface area contributed by atoms with E-state index in [1.165, 1.54) is 6.42 Å². The van der Waals surface area contributed by atoms with Crippen LogP contribution in [0.5, 0.6) is 0 Å². The van der Waals surface area contributed by atoms with Gasteiger partial charge in [-0.05, 0) is 26.2 Å². The zero-order valence-electron chi connectivity index (χ0n) is 10.1. The Morgan fingerprint density at radius 1 is 1.25 bits per heavy atom. The molecule has 0 aromatic heterocycles. The van der Waals surface area contributed by atoms with Gasteiger partial charge in [0.25, 0.3) is 0 Å². The van der Waals surface area contributed by atoms with Crippen molar-refractivity contribution < 1.29 is 9.59 Å². The number of nitrogens with one attached hydrogen (secondary N) is 2. The number of likely N-dealkylation sites (tertiary alicyclic amines) is 1. The first-order valence-electron chi connectivity index (χ1n) is 5.88. The van der Waals surface area contributed by atoms with Crippen molar-refractivity contribution in [3.63, 3.8) is 0 Å². The molecule has 1 rings (SSSR count). The van der Waals surface area contributed by atoms with E-state index < -0.39 is 0 Å². The first kappa shape index (κ1) is 13.0. The highest BCUT2D eigenvalue weighted by Crippen LogP contribution is 2.09. The predicted octanol–water partition coefficient (Wildman–Crippen LogP) is -0.277. The largest absolute Gasteiger partial charge is 0.358 e. The Morgan fingerprint density at radius 2 is 1.88 bits per heavy atom. The zero-order valence-corrected chi connectivity index (χ0v) is 10.1. The van der Waals surface area contributed by atoms with Gasteiger partial charge in [0.15, 0.2) is 0 Å². The van der Waals surface area contributed by atoms with Gasteiger partial charge in [0.2, 0.25) is 11.8 Å². The van der Waals surface area contributed by atoms with Crippen LogP contribution in [0.15, 0.2) is 0 Å². The van der Waals surface area contributed by atoms with Gasteiger partial charge in [-0.2, -0.15) is 0 Å². The first-order valence-corrected chi connectivity index (χ1v) is 5.88. The highest BCUT2D eigenvalue weighted by Gasteiger charge is 2.21. The zero-order chi connectivity index (χ0) is 12.0. The standard InChI is InChI=1S/C11H21N3O2/c1-9(13-8-10(15)12-2)11(16)14-6-4-3-5-7-14/h9,13H,3-8H2,1-2H3,(H,12,15). The quantitative estimate of drug-likeness (QED) is 0.694. The summed E-state index contributed by atoms with van der Waals surface area (Å²) in [5.41, 5.74) is 0. The molecule has 0 bridgehead atoms. The second-order valence-corrected chi connectivity index (χ2v) is 4.16. The third kappa shape index (κ3) is 3.81. The van der Waals surface area contributed by atoms with Gasteiger partial charge in [-0.1, -0.05) is 0 Å². The van der Waals surface area contributed by atoms with E-state index in [9.17, 15) is 9.59 Å². The maximum absolute atomic E-state index is 11.9. The molecule has 1 aliphatic heterocycles. The van der Waals surface area contributed by atoms with Gasteiger partial charge in [-0.25, -0.2) is 0 Å². The van der Waals surface area contributed by atoms with E-state index in [0.717, 1.165) is 25.9 Å². The molecule has 0 aromatic carbocycles. The number of carbonyl (C=O) groups is 2. The summed E-state index contributed by atoms with van der Waals surface area (Å²) < 4.78 is 0. The summed E-state index contributed by atoms with van der Waals surface area (Å²) >= 11 is 0. The van der Waals surface area contributed by atoms with E-state index in [-0.39, 0.29) is 24.4 Å². The SMILES string of the molecule is CNC(=O)CNC(C)C(=O)N1CCCCC1. The van der Waals surface area contributed by atoms with Gasteiger partial charge in [0.1, 0.15) is 0 Å². The molecule has 2 N–H and O–H groups in total. The maximum atomic E-state index is 11.9. The Bertz CT molecular complexity index is 250. The van der Waals surface area contributed by atoms with Crippen molar-refractivity contribution in [2.45, 2.75) is 32.2 Å². The van der Waals surface area contributed by atoms with Crippen LogP contribution in [0.2, 0.25) is 0 Å². The maximum Gasteiger partial charge on any atom is 0.239 e. The van der Waals surface area contributed by atoms with Crippen LogP contribution in [0.1, 0.15) is 26.2 Å². The van der Waals surface area contributed by atoms with Gasteiger partial charge in [0, 0.05) is 20.1 Å². The normalized spacial score (nSPS) is 18.0. The van der Waals surface area contributed by atoms with Crippen molar-refractivity contribution >= 4 is 11.8 Å². The van der Waals surface area contributed by atoms with Crippen molar-refractivity contribution in [1.82, 2.24) is 15.5 Å². The number of carbonyl (C=O) groups excluding carboxylic acids is 2. The van der Waals surface area contributed by atoms with Crippen molar-refractivity contribution in [2.75, 3.05) is 26.7 Å². The number of hydrogen-bond donors (Lipinski definition) is 2. The predicted molar refractivity (Wildman–Crippen MR) is 62.0 cm³/mol. The Morgan fingerprint density at radius 3 is 2.44 bits per heavy atom. The molecule has 2 amide bonds. The summed E-state index contributed by atoms with van der Waals surface area (Å²) in [7, 11) is 1.58. The molecule has 0 aliphatic carbocycles. The van der Waals surface area contributed by atoms with Crippen LogP contribution in [0.25, 0.3) is 0 Å². The van der Waals surface area contributed by atoms with Crippen molar-refractivity contribution in [2.24, 2.45) is 0 Å². The van der Waals surface area contributed by atoms with Crippen LogP contribution >= 0.6 is 0 Å². The number of amides is 2. The number of nitrogens with zero attached hydrogens (tertiary/aromatic N) is 1. The second kappa shape index (κ2) is 6.48. The lowest BCUT2D eigenvalue weighted by Gasteiger charge is -2.29. The number of likely N-dealkylation sites (N-methyl/N-ethyl adjacent to an activating group) is 1. The second-order valence-electron chi connectivity index (χ2n) is 4.16. The fraction of sp³-hybridized carbons (Fsp3) is 0.818. The van der Waals surface area contributed by atoms with E-state index in [1.54, 1.807) is 14.0 Å². The average Bonchev–Trinajstić information content (AvgIpc) is 2.35. The van der Waals surface area contributed by atoms with Crippen molar-refractivity contribution in [3.8, 4) is 0 Å². The van der Waals surface area contributed by atoms with Gasteiger partial charge in [-0.3, -0.25) is 14.9 Å². The minimum absolute atomic E-state index is 0.0988. The first-order chi connectivity index (χ1) is 7.65. The lowest BCUT2D eigenvalue weighted by atomic mass is 10.1. The van der Waals surface area contributed by atoms with E-state index in [1.807, 2.05) is 4.90 Å². The van der Waals surface area contributed by atoms with Crippen LogP contribution in [-0.4, -0.2) is 49.4 Å². The average molecular weight is 227 g/mol. The van der Waals surface area contributed by atoms with E-state index >= 15 is 0 Å². The molecule has 0 radical (unpaired) electrons. The Kier molecular flexibility index (Phi) is 5.25. The van der Waals surface area contributed by atoms with E-state index in [4.69, 9.17) is 0 Å². The van der Waals surface area contributed by atoms with Gasteiger partial charge >= 0.3 is 0 Å². The summed E-state index contributed by atoms with van der Waals surface area (Å²) in [6.45, 7) is 3.70. The van der Waals surface area contributed by atoms with Crippen LogP contribution in [-0.2, 0) is 9.59 Å². The molecule has 1 saturated heterocycles. The molecule has 5 nitrogen and oxygen atoms in total. The lowest BCUT2D eigenvalue weighted by molar-refractivity contribution is -0.134. The fourth-order valence-electron chi connectivity index (χ4n) is 1.81. The van der Waals surface area contributed by atoms with Gasteiger partial charge < -0.3 is 10.2 Å². The summed E-state index contributed by atoms with van der Waals surface area (Å²) in [6.07, 6.45) is 3.39. The molecule has 0 spiro atoms. The Hall–Kier alpha value is -1.10. The number of hydrogen-bond acceptors (Lipinski definition) is 3. The smallest absolute Gasteiger partial charge is 0.239 e. The molecule has 1 unspecified atom stereocenters. The molecule has 5 heteroatoms. The van der Waals surface area contributed by atoms with E-state index in [2.05, 4.69) is 10.6 Å². The number of rotatable bonds is 4. The molecule has 16 heavy (non-hydrogen) atoms. The minimum Gasteiger partial charge on any atom is -0.358 e. The highest BCUT2D eigenvalue weighted by atomic mass is 16.2. The molecule has 1 fully saturated rings. The molecule has 1 aliphatic rings. The Labute approximate surface area is 96.6 Å². The lowest BCUT2D eigenvalue weighted by Crippen LogP contribution is -2.48. The number of piperidine rings is 1. The Balaban J connectivity index is 2.31. The van der Waals surface area contributed by atoms with Crippen LogP contribution < -0.4 is 10.6 Å². The molecule has 0 saturated carbocycles. The third-order valence-corrected chi connectivity index (χ3v) is 2.89. The minimum atomic E-state index is -0.282. The van der Waals surface area contributed by atoms with Crippen LogP contribution in [0.3, 0.4) is 0 Å². The van der Waals surface area contributed by atoms with Crippen molar-refractivity contribution in [3.05, 3.63) is 0 Å². The molecule has 0 aromatic rings.